The molecular weight excluding hydrogens is 422 g/mol. The van der Waals surface area contributed by atoms with E-state index in [4.69, 9.17) is 23.1 Å². The number of halogens is 2. The fourth-order valence-electron chi connectivity index (χ4n) is 4.45. The maximum Gasteiger partial charge on any atom is 0.495 e. The summed E-state index contributed by atoms with van der Waals surface area (Å²) in [6, 6.07) is 13.1. The van der Waals surface area contributed by atoms with Gasteiger partial charge in [0.2, 0.25) is 0 Å². The maximum absolute atomic E-state index is 7.23. The van der Waals surface area contributed by atoms with Gasteiger partial charge in [-0.3, -0.25) is 0 Å². The fourth-order valence-corrected chi connectivity index (χ4v) is 5.14. The van der Waals surface area contributed by atoms with Gasteiger partial charge in [0.05, 0.1) is 0 Å². The summed E-state index contributed by atoms with van der Waals surface area (Å²) in [6.07, 6.45) is 1.58. The van der Waals surface area contributed by atoms with E-state index in [2.05, 4.69) is 101 Å². The van der Waals surface area contributed by atoms with Crippen LogP contribution in [0, 0.1) is 0 Å². The maximum atomic E-state index is 7.23. The molecule has 0 saturated carbocycles. The molecule has 2 nitrogen and oxygen atoms in total. The minimum Gasteiger partial charge on any atom is -0.355 e. The lowest BCUT2D eigenvalue weighted by Crippen LogP contribution is -2.42. The van der Waals surface area contributed by atoms with Crippen molar-refractivity contribution >= 4 is 40.8 Å². The van der Waals surface area contributed by atoms with Crippen LogP contribution in [0.5, 0.6) is 0 Å². The topological polar surface area (TPSA) is 6.48 Å². The summed E-state index contributed by atoms with van der Waals surface area (Å²) in [6.45, 7) is 17.8. The Hall–Kier alpha value is -1.58. The SMILES string of the molecule is CC(C)c1cccc(C(C)C)c1N1C=C(Cl)N(c2c(C(C)C)cccc2C(C)C)B1Cl. The van der Waals surface area contributed by atoms with E-state index >= 15 is 0 Å². The molecule has 0 radical (unpaired) electrons. The van der Waals surface area contributed by atoms with Gasteiger partial charge >= 0.3 is 6.40 Å². The molecule has 1 heterocycles. The highest BCUT2D eigenvalue weighted by Gasteiger charge is 2.41. The number of para-hydroxylation sites is 2. The average Bonchev–Trinajstić information content (AvgIpc) is 2.99. The third-order valence-corrected chi connectivity index (χ3v) is 6.79. The predicted molar refractivity (Wildman–Crippen MR) is 140 cm³/mol. The van der Waals surface area contributed by atoms with Gasteiger partial charge in [-0.05, 0) is 45.9 Å². The minimum absolute atomic E-state index is 0.366. The monoisotopic (exact) mass is 456 g/mol. The first-order chi connectivity index (χ1) is 14.6. The highest BCUT2D eigenvalue weighted by Crippen LogP contribution is 2.45. The van der Waals surface area contributed by atoms with Crippen LogP contribution in [-0.4, -0.2) is 6.40 Å². The molecule has 2 aromatic rings. The molecule has 0 aromatic heterocycles. The molecule has 0 bridgehead atoms. The summed E-state index contributed by atoms with van der Waals surface area (Å²) in [5.74, 6) is 1.50. The molecule has 0 amide bonds. The summed E-state index contributed by atoms with van der Waals surface area (Å²) in [4.78, 5) is 4.27. The molecular formula is C26H35BCl2N2. The number of hydrogen-bond donors (Lipinski definition) is 0. The predicted octanol–water partition coefficient (Wildman–Crippen LogP) is 8.77. The van der Waals surface area contributed by atoms with Crippen LogP contribution in [0.1, 0.15) is 101 Å². The Balaban J connectivity index is 2.19. The first-order valence-corrected chi connectivity index (χ1v) is 12.2. The van der Waals surface area contributed by atoms with Crippen LogP contribution >= 0.6 is 23.1 Å². The third-order valence-electron chi connectivity index (χ3n) is 6.10. The Kier molecular flexibility index (Phi) is 7.38. The minimum atomic E-state index is -0.428. The Morgan fingerprint density at radius 2 is 1.00 bits per heavy atom. The lowest BCUT2D eigenvalue weighted by atomic mass is 9.87. The van der Waals surface area contributed by atoms with Gasteiger partial charge in [0, 0.05) is 17.6 Å². The van der Waals surface area contributed by atoms with Crippen LogP contribution in [0.3, 0.4) is 0 Å². The zero-order chi connectivity index (χ0) is 23.0. The molecule has 1 aliphatic rings. The first-order valence-electron chi connectivity index (χ1n) is 11.4. The van der Waals surface area contributed by atoms with E-state index in [1.807, 2.05) is 6.20 Å². The van der Waals surface area contributed by atoms with E-state index in [0.717, 1.165) is 5.69 Å². The zero-order valence-corrected chi connectivity index (χ0v) is 21.6. The van der Waals surface area contributed by atoms with Crippen molar-refractivity contribution in [1.82, 2.24) is 0 Å². The molecule has 0 spiro atoms. The van der Waals surface area contributed by atoms with E-state index in [1.54, 1.807) is 0 Å². The molecule has 0 N–H and O–H groups in total. The number of nitrogens with zero attached hydrogens (tertiary/aromatic N) is 2. The van der Waals surface area contributed by atoms with Gasteiger partial charge in [0.15, 0.2) is 0 Å². The highest BCUT2D eigenvalue weighted by atomic mass is 35.5. The van der Waals surface area contributed by atoms with Crippen molar-refractivity contribution in [3.8, 4) is 0 Å². The van der Waals surface area contributed by atoms with Gasteiger partial charge < -0.3 is 9.62 Å². The Bertz CT molecular complexity index is 913. The number of rotatable bonds is 6. The summed E-state index contributed by atoms with van der Waals surface area (Å²) in [7, 11) is 0. The van der Waals surface area contributed by atoms with Gasteiger partial charge in [0.1, 0.15) is 5.16 Å². The molecule has 1 aliphatic heterocycles. The number of anilines is 2. The van der Waals surface area contributed by atoms with Crippen LogP contribution in [0.25, 0.3) is 0 Å². The third kappa shape index (κ3) is 4.50. The summed E-state index contributed by atoms with van der Waals surface area (Å²) < 4.78 is 0. The molecule has 2 aromatic carbocycles. The van der Waals surface area contributed by atoms with Crippen LogP contribution in [0.4, 0.5) is 11.4 Å². The zero-order valence-electron chi connectivity index (χ0n) is 20.1. The molecule has 166 valence electrons. The molecule has 0 fully saturated rings. The summed E-state index contributed by atoms with van der Waals surface area (Å²) in [5, 5.41) is 0.656. The van der Waals surface area contributed by atoms with Crippen LogP contribution in [0.2, 0.25) is 0 Å². The van der Waals surface area contributed by atoms with E-state index < -0.39 is 6.40 Å². The van der Waals surface area contributed by atoms with Gasteiger partial charge in [0.25, 0.3) is 0 Å². The van der Waals surface area contributed by atoms with Crippen molar-refractivity contribution in [3.63, 3.8) is 0 Å². The molecule has 0 saturated heterocycles. The van der Waals surface area contributed by atoms with E-state index in [-0.39, 0.29) is 0 Å². The normalized spacial score (nSPS) is 14.6. The van der Waals surface area contributed by atoms with Crippen molar-refractivity contribution in [2.24, 2.45) is 0 Å². The second kappa shape index (κ2) is 9.51. The summed E-state index contributed by atoms with van der Waals surface area (Å²) >= 11 is 14.2. The van der Waals surface area contributed by atoms with Gasteiger partial charge in [-0.1, -0.05) is 103 Å². The second-order valence-corrected chi connectivity index (χ2v) is 10.5. The van der Waals surface area contributed by atoms with Crippen LogP contribution in [-0.2, 0) is 0 Å². The van der Waals surface area contributed by atoms with Crippen molar-refractivity contribution in [3.05, 3.63) is 70.0 Å². The Morgan fingerprint density at radius 1 is 0.645 bits per heavy atom. The van der Waals surface area contributed by atoms with E-state index in [9.17, 15) is 0 Å². The van der Waals surface area contributed by atoms with Gasteiger partial charge in [-0.15, -0.1) is 11.5 Å². The average molecular weight is 457 g/mol. The standard InChI is InChI=1S/C26H35BCl2N2/c1-16(2)20-11-9-12-21(17(3)4)25(20)30-15-24(28)31(27(30)29)26-22(18(5)6)13-10-14-23(26)19(7)8/h9-19H,1-8H3. The fraction of sp³-hybridized carbons (Fsp3) is 0.462. The summed E-state index contributed by atoms with van der Waals surface area (Å²) in [5.41, 5.74) is 7.45. The number of benzene rings is 2. The largest absolute Gasteiger partial charge is 0.495 e. The molecule has 0 unspecified atom stereocenters. The first kappa shape index (κ1) is 24.1. The molecule has 0 atom stereocenters. The quantitative estimate of drug-likeness (QED) is 0.316. The van der Waals surface area contributed by atoms with Crippen molar-refractivity contribution < 1.29 is 0 Å². The van der Waals surface area contributed by atoms with E-state index in [1.165, 1.54) is 27.9 Å². The van der Waals surface area contributed by atoms with Crippen LogP contribution < -0.4 is 9.62 Å². The smallest absolute Gasteiger partial charge is 0.355 e. The number of hydrogen-bond acceptors (Lipinski definition) is 2. The second-order valence-electron chi connectivity index (χ2n) is 9.73. The van der Waals surface area contributed by atoms with Gasteiger partial charge in [-0.2, -0.15) is 0 Å². The van der Waals surface area contributed by atoms with Gasteiger partial charge in [-0.25, -0.2) is 0 Å². The molecule has 0 aliphatic carbocycles. The highest BCUT2D eigenvalue weighted by molar-refractivity contribution is 7.12. The molecule has 31 heavy (non-hydrogen) atoms. The van der Waals surface area contributed by atoms with E-state index in [0.29, 0.717) is 28.8 Å². The van der Waals surface area contributed by atoms with Crippen molar-refractivity contribution in [2.45, 2.75) is 79.1 Å². The van der Waals surface area contributed by atoms with Crippen LogP contribution in [0.15, 0.2) is 47.8 Å². The lowest BCUT2D eigenvalue weighted by Gasteiger charge is -2.33. The molecule has 5 heteroatoms. The lowest BCUT2D eigenvalue weighted by molar-refractivity contribution is 0.832. The van der Waals surface area contributed by atoms with Crippen molar-refractivity contribution in [1.29, 1.82) is 0 Å². The molecule has 3 rings (SSSR count). The van der Waals surface area contributed by atoms with Crippen molar-refractivity contribution in [2.75, 3.05) is 9.62 Å². The Labute approximate surface area is 199 Å². The Morgan fingerprint density at radius 3 is 1.35 bits per heavy atom.